The van der Waals surface area contributed by atoms with E-state index in [4.69, 9.17) is 9.84 Å². The van der Waals surface area contributed by atoms with Crippen molar-refractivity contribution in [2.45, 2.75) is 19.9 Å². The quantitative estimate of drug-likeness (QED) is 0.722. The Bertz CT molecular complexity index is 958. The summed E-state index contributed by atoms with van der Waals surface area (Å²) >= 11 is 3.44. The third-order valence-electron chi connectivity index (χ3n) is 5.07. The van der Waals surface area contributed by atoms with Gasteiger partial charge in [-0.25, -0.2) is 9.69 Å². The summed E-state index contributed by atoms with van der Waals surface area (Å²) in [6, 6.07) is 15.1. The molecule has 0 saturated carbocycles. The Labute approximate surface area is 171 Å². The monoisotopic (exact) mass is 441 g/mol. The first kappa shape index (κ1) is 18.7. The lowest BCUT2D eigenvalue weighted by Gasteiger charge is -2.27. The van der Waals surface area contributed by atoms with Gasteiger partial charge in [-0.1, -0.05) is 52.7 Å². The van der Waals surface area contributed by atoms with E-state index in [1.54, 1.807) is 5.01 Å². The van der Waals surface area contributed by atoms with Crippen molar-refractivity contribution in [1.29, 1.82) is 0 Å². The molecule has 0 unspecified atom stereocenters. The molecular formula is C21H20BrN3O3. The number of cyclic esters (lactones) is 1. The van der Waals surface area contributed by atoms with Crippen molar-refractivity contribution >= 4 is 39.3 Å². The fourth-order valence-electron chi connectivity index (χ4n) is 3.64. The number of hydrogen-bond donors (Lipinski definition) is 0. The summed E-state index contributed by atoms with van der Waals surface area (Å²) in [6.07, 6.45) is -0.586. The summed E-state index contributed by atoms with van der Waals surface area (Å²) in [6.45, 7) is 4.51. The van der Waals surface area contributed by atoms with Crippen LogP contribution in [-0.4, -0.2) is 41.8 Å². The Morgan fingerprint density at radius 2 is 1.96 bits per heavy atom. The maximum atomic E-state index is 13.3. The van der Waals surface area contributed by atoms with Crippen LogP contribution in [0.15, 0.2) is 58.1 Å². The average Bonchev–Trinajstić information content (AvgIpc) is 3.25. The Balaban J connectivity index is 1.76. The van der Waals surface area contributed by atoms with Gasteiger partial charge in [0, 0.05) is 10.4 Å². The third kappa shape index (κ3) is 3.30. The van der Waals surface area contributed by atoms with Crippen LogP contribution in [0, 0.1) is 12.8 Å². The van der Waals surface area contributed by atoms with Gasteiger partial charge < -0.3 is 4.74 Å². The minimum atomic E-state index is -0.609. The predicted molar refractivity (Wildman–Crippen MR) is 110 cm³/mol. The number of nitrogens with zero attached hydrogens (tertiary/aromatic N) is 3. The van der Waals surface area contributed by atoms with Crippen LogP contribution in [0.4, 0.5) is 10.5 Å². The number of ether oxygens (including phenoxy) is 1. The molecule has 2 atom stereocenters. The van der Waals surface area contributed by atoms with E-state index in [2.05, 4.69) is 22.0 Å². The minimum Gasteiger partial charge on any atom is -0.447 e. The second-order valence-corrected chi connectivity index (χ2v) is 7.93. The lowest BCUT2D eigenvalue weighted by Crippen LogP contribution is -2.48. The first-order valence-electron chi connectivity index (χ1n) is 9.14. The molecule has 2 aromatic rings. The smallest absolute Gasteiger partial charge is 0.416 e. The van der Waals surface area contributed by atoms with E-state index in [0.717, 1.165) is 27.0 Å². The van der Waals surface area contributed by atoms with Crippen molar-refractivity contribution in [3.05, 3.63) is 64.1 Å². The van der Waals surface area contributed by atoms with Gasteiger partial charge in [0.05, 0.1) is 17.9 Å². The molecule has 2 amide bonds. The lowest BCUT2D eigenvalue weighted by molar-refractivity contribution is -0.129. The van der Waals surface area contributed by atoms with Crippen LogP contribution < -0.4 is 5.01 Å². The molecule has 0 aromatic heterocycles. The summed E-state index contributed by atoms with van der Waals surface area (Å²) in [5, 5.41) is 6.54. The highest BCUT2D eigenvalue weighted by Gasteiger charge is 2.45. The van der Waals surface area contributed by atoms with Gasteiger partial charge in [0.25, 0.3) is 5.91 Å². The number of aryl methyl sites for hydroxylation is 1. The SMILES string of the molecule is Cc1cccc(C2=NN(c3ccc(Br)cc3)[C@H](C(=O)N3CCOC3=O)[C@H]2C)c1. The molecule has 0 spiro atoms. The summed E-state index contributed by atoms with van der Waals surface area (Å²) in [5.41, 5.74) is 3.73. The molecule has 0 radical (unpaired) electrons. The van der Waals surface area contributed by atoms with Crippen LogP contribution in [0.2, 0.25) is 0 Å². The minimum absolute atomic E-state index is 0.189. The molecule has 1 saturated heterocycles. The first-order valence-corrected chi connectivity index (χ1v) is 9.93. The fraction of sp³-hybridized carbons (Fsp3) is 0.286. The molecule has 2 aliphatic rings. The lowest BCUT2D eigenvalue weighted by atomic mass is 9.91. The van der Waals surface area contributed by atoms with Crippen molar-refractivity contribution in [2.24, 2.45) is 11.0 Å². The van der Waals surface area contributed by atoms with E-state index in [9.17, 15) is 9.59 Å². The molecule has 144 valence electrons. The summed E-state index contributed by atoms with van der Waals surface area (Å²) in [4.78, 5) is 26.4. The molecule has 2 heterocycles. The molecule has 7 heteroatoms. The summed E-state index contributed by atoms with van der Waals surface area (Å²) in [7, 11) is 0. The first-order chi connectivity index (χ1) is 13.5. The van der Waals surface area contributed by atoms with Crippen LogP contribution in [0.5, 0.6) is 0 Å². The highest BCUT2D eigenvalue weighted by Crippen LogP contribution is 2.33. The van der Waals surface area contributed by atoms with Gasteiger partial charge in [0.15, 0.2) is 0 Å². The molecular weight excluding hydrogens is 422 g/mol. The fourth-order valence-corrected chi connectivity index (χ4v) is 3.90. The standard InChI is InChI=1S/C21H20BrN3O3/c1-13-4-3-5-15(12-13)18-14(2)19(20(26)24-10-11-28-21(24)27)25(23-18)17-8-6-16(22)7-9-17/h3-9,12,14,19H,10-11H2,1-2H3/t14-,19-/m0/s1. The van der Waals surface area contributed by atoms with Crippen LogP contribution in [-0.2, 0) is 9.53 Å². The number of hydrogen-bond acceptors (Lipinski definition) is 5. The number of halogens is 1. The zero-order valence-electron chi connectivity index (χ0n) is 15.6. The van der Waals surface area contributed by atoms with Crippen molar-refractivity contribution < 1.29 is 14.3 Å². The van der Waals surface area contributed by atoms with E-state index >= 15 is 0 Å². The van der Waals surface area contributed by atoms with E-state index in [-0.39, 0.29) is 25.0 Å². The van der Waals surface area contributed by atoms with Gasteiger partial charge in [0.1, 0.15) is 12.6 Å². The van der Waals surface area contributed by atoms with E-state index in [1.165, 1.54) is 4.90 Å². The molecule has 0 aliphatic carbocycles. The Morgan fingerprint density at radius 3 is 2.61 bits per heavy atom. The second kappa shape index (κ2) is 7.39. The molecule has 1 fully saturated rings. The van der Waals surface area contributed by atoms with E-state index in [0.29, 0.717) is 0 Å². The van der Waals surface area contributed by atoms with Crippen LogP contribution in [0.1, 0.15) is 18.1 Å². The zero-order valence-corrected chi connectivity index (χ0v) is 17.2. The summed E-state index contributed by atoms with van der Waals surface area (Å²) in [5.74, 6) is -0.476. The van der Waals surface area contributed by atoms with Crippen LogP contribution in [0.25, 0.3) is 0 Å². The number of imide groups is 1. The molecule has 0 N–H and O–H groups in total. The van der Waals surface area contributed by atoms with Gasteiger partial charge in [-0.15, -0.1) is 0 Å². The van der Waals surface area contributed by atoms with Crippen molar-refractivity contribution in [3.8, 4) is 0 Å². The Hall–Kier alpha value is -2.67. The van der Waals surface area contributed by atoms with Crippen molar-refractivity contribution in [2.75, 3.05) is 18.2 Å². The van der Waals surface area contributed by atoms with Gasteiger partial charge >= 0.3 is 6.09 Å². The number of carbonyl (C=O) groups excluding carboxylic acids is 2. The van der Waals surface area contributed by atoms with Crippen LogP contribution in [0.3, 0.4) is 0 Å². The topological polar surface area (TPSA) is 62.2 Å². The van der Waals surface area contributed by atoms with Gasteiger partial charge in [-0.2, -0.15) is 5.10 Å². The molecule has 0 bridgehead atoms. The largest absolute Gasteiger partial charge is 0.447 e. The van der Waals surface area contributed by atoms with Crippen LogP contribution >= 0.6 is 15.9 Å². The number of amides is 2. The predicted octanol–water partition coefficient (Wildman–Crippen LogP) is 3.97. The number of rotatable bonds is 3. The number of carbonyl (C=O) groups is 2. The number of anilines is 1. The highest BCUT2D eigenvalue weighted by atomic mass is 79.9. The Kier molecular flexibility index (Phi) is 4.93. The van der Waals surface area contributed by atoms with E-state index in [1.807, 2.05) is 56.3 Å². The van der Waals surface area contributed by atoms with E-state index < -0.39 is 12.1 Å². The molecule has 2 aliphatic heterocycles. The average molecular weight is 442 g/mol. The Morgan fingerprint density at radius 1 is 1.21 bits per heavy atom. The highest BCUT2D eigenvalue weighted by molar-refractivity contribution is 9.10. The number of benzene rings is 2. The van der Waals surface area contributed by atoms with Crippen molar-refractivity contribution in [1.82, 2.24) is 4.90 Å². The molecule has 4 rings (SSSR count). The second-order valence-electron chi connectivity index (χ2n) is 7.01. The van der Waals surface area contributed by atoms with Gasteiger partial charge in [0.2, 0.25) is 0 Å². The summed E-state index contributed by atoms with van der Waals surface area (Å²) < 4.78 is 5.91. The zero-order chi connectivity index (χ0) is 19.8. The molecule has 6 nitrogen and oxygen atoms in total. The van der Waals surface area contributed by atoms with Gasteiger partial charge in [-0.3, -0.25) is 9.80 Å². The molecule has 28 heavy (non-hydrogen) atoms. The maximum Gasteiger partial charge on any atom is 0.416 e. The molecule has 2 aromatic carbocycles. The van der Waals surface area contributed by atoms with Gasteiger partial charge in [-0.05, 0) is 36.8 Å². The normalized spacial score (nSPS) is 21.7. The maximum absolute atomic E-state index is 13.3. The van der Waals surface area contributed by atoms with Crippen molar-refractivity contribution in [3.63, 3.8) is 0 Å². The number of hydrazone groups is 1. The third-order valence-corrected chi connectivity index (χ3v) is 5.60.